The van der Waals surface area contributed by atoms with Gasteiger partial charge in [-0.15, -0.1) is 0 Å². The molecule has 0 saturated carbocycles. The van der Waals surface area contributed by atoms with E-state index in [1.54, 1.807) is 0 Å². The molecule has 4 nitrogen and oxygen atoms in total. The average Bonchev–Trinajstić information content (AvgIpc) is 3.68. The molecule has 0 amide bonds. The molecule has 0 unspecified atom stereocenters. The Labute approximate surface area is 361 Å². The van der Waals surface area contributed by atoms with Gasteiger partial charge in [0, 0.05) is 39.2 Å². The normalized spacial score (nSPS) is 12.1. The molecule has 10 aromatic carbocycles. The molecule has 11 aromatic rings. The monoisotopic (exact) mass is 792 g/mol. The van der Waals surface area contributed by atoms with Gasteiger partial charge in [0.15, 0.2) is 0 Å². The van der Waals surface area contributed by atoms with E-state index in [1.807, 2.05) is 0 Å². The van der Waals surface area contributed by atoms with Crippen molar-refractivity contribution in [2.75, 3.05) is 14.7 Å². The van der Waals surface area contributed by atoms with Gasteiger partial charge in [-0.2, -0.15) is 0 Å². The molecule has 0 fully saturated rings. The summed E-state index contributed by atoms with van der Waals surface area (Å²) in [5.41, 5.74) is 13.4. The zero-order chi connectivity index (χ0) is 41.0. The van der Waals surface area contributed by atoms with Gasteiger partial charge in [-0.25, -0.2) is 0 Å². The van der Waals surface area contributed by atoms with Crippen LogP contribution in [0, 0.1) is 0 Å². The molecule has 1 aliphatic heterocycles. The highest BCUT2D eigenvalue weighted by molar-refractivity contribution is 6.17. The first-order chi connectivity index (χ1) is 30.8. The van der Waals surface area contributed by atoms with Gasteiger partial charge in [-0.3, -0.25) is 9.47 Å². The number of fused-ring (bicyclic) bond motifs is 7. The van der Waals surface area contributed by atoms with Crippen molar-refractivity contribution in [2.45, 2.75) is 0 Å². The fraction of sp³-hybridized carbons (Fsp3) is 0. The van der Waals surface area contributed by atoms with Gasteiger partial charge in [-0.1, -0.05) is 158 Å². The van der Waals surface area contributed by atoms with Crippen molar-refractivity contribution in [3.63, 3.8) is 0 Å². The Kier molecular flexibility index (Phi) is 8.46. The van der Waals surface area contributed by atoms with Crippen LogP contribution in [-0.4, -0.2) is 4.57 Å². The van der Waals surface area contributed by atoms with E-state index in [-0.39, 0.29) is 0 Å². The average molecular weight is 793 g/mol. The van der Waals surface area contributed by atoms with Crippen LogP contribution in [0.25, 0.3) is 49.3 Å². The minimum absolute atomic E-state index is 1.07. The van der Waals surface area contributed by atoms with Crippen LogP contribution in [0.3, 0.4) is 0 Å². The Bertz CT molecular complexity index is 3400. The fourth-order valence-electron chi connectivity index (χ4n) is 9.49. The standard InChI is InChI=1S/C58H40N4/c1-5-19-41(20-6-1)42-33-35-47(36-34-42)59(56-39-43-21-13-14-28-49(43)50-29-15-16-30-51(50)56)48-37-38-53-52(40-48)57-58(61(53)45-24-9-3-10-25-45)62(46-26-11-4-12-27-46)55-32-18-17-31-54(55)60(57)44-22-7-2-8-23-44/h1-40H. The van der Waals surface area contributed by atoms with Crippen molar-refractivity contribution >= 4 is 83.8 Å². The van der Waals surface area contributed by atoms with E-state index in [0.29, 0.717) is 0 Å². The summed E-state index contributed by atoms with van der Waals surface area (Å²) < 4.78 is 2.44. The first kappa shape index (κ1) is 35.6. The lowest BCUT2D eigenvalue weighted by Gasteiger charge is -2.39. The summed E-state index contributed by atoms with van der Waals surface area (Å²) in [7, 11) is 0. The molecule has 0 atom stereocenters. The number of aromatic nitrogens is 1. The molecule has 62 heavy (non-hydrogen) atoms. The summed E-state index contributed by atoms with van der Waals surface area (Å²) in [5.74, 6) is 1.08. The molecule has 1 aliphatic rings. The summed E-state index contributed by atoms with van der Waals surface area (Å²) >= 11 is 0. The van der Waals surface area contributed by atoms with E-state index in [9.17, 15) is 0 Å². The molecule has 0 spiro atoms. The lowest BCUT2D eigenvalue weighted by atomic mass is 9.98. The Morgan fingerprint density at radius 2 is 0.823 bits per heavy atom. The molecule has 2 heterocycles. The van der Waals surface area contributed by atoms with E-state index < -0.39 is 0 Å². The van der Waals surface area contributed by atoms with Gasteiger partial charge >= 0.3 is 0 Å². The summed E-state index contributed by atoms with van der Waals surface area (Å²) in [6.45, 7) is 0. The van der Waals surface area contributed by atoms with Crippen LogP contribution in [0.2, 0.25) is 0 Å². The van der Waals surface area contributed by atoms with E-state index in [0.717, 1.165) is 67.9 Å². The molecule has 1 aromatic heterocycles. The van der Waals surface area contributed by atoms with Crippen molar-refractivity contribution in [1.82, 2.24) is 4.57 Å². The highest BCUT2D eigenvalue weighted by Gasteiger charge is 2.37. The molecular formula is C58H40N4. The maximum Gasteiger partial charge on any atom is 0.148 e. The van der Waals surface area contributed by atoms with E-state index in [1.165, 1.54) is 32.7 Å². The first-order valence-corrected chi connectivity index (χ1v) is 21.2. The predicted molar refractivity (Wildman–Crippen MR) is 261 cm³/mol. The molecule has 292 valence electrons. The fourth-order valence-corrected chi connectivity index (χ4v) is 9.49. The second kappa shape index (κ2) is 14.7. The maximum atomic E-state index is 2.46. The van der Waals surface area contributed by atoms with E-state index >= 15 is 0 Å². The molecule has 0 saturated heterocycles. The summed E-state index contributed by atoms with van der Waals surface area (Å²) in [5, 5.41) is 6.00. The van der Waals surface area contributed by atoms with E-state index in [2.05, 4.69) is 262 Å². The molecule has 0 bridgehead atoms. The number of nitrogens with zero attached hydrogens (tertiary/aromatic N) is 4. The van der Waals surface area contributed by atoms with Crippen LogP contribution in [0.4, 0.5) is 51.3 Å². The molecule has 0 aliphatic carbocycles. The molecule has 0 radical (unpaired) electrons. The zero-order valence-corrected chi connectivity index (χ0v) is 33.9. The quantitative estimate of drug-likeness (QED) is 0.149. The van der Waals surface area contributed by atoms with Crippen molar-refractivity contribution < 1.29 is 0 Å². The topological polar surface area (TPSA) is 14.7 Å². The largest absolute Gasteiger partial charge is 0.310 e. The Morgan fingerprint density at radius 1 is 0.323 bits per heavy atom. The molecule has 12 rings (SSSR count). The van der Waals surface area contributed by atoms with Crippen molar-refractivity contribution in [1.29, 1.82) is 0 Å². The van der Waals surface area contributed by atoms with Gasteiger partial charge in [0.05, 0.1) is 28.3 Å². The number of hydrogen-bond acceptors (Lipinski definition) is 3. The smallest absolute Gasteiger partial charge is 0.148 e. The minimum Gasteiger partial charge on any atom is -0.310 e. The van der Waals surface area contributed by atoms with Crippen molar-refractivity contribution in [3.05, 3.63) is 243 Å². The number of rotatable bonds is 7. The number of hydrogen-bond donors (Lipinski definition) is 0. The van der Waals surface area contributed by atoms with Crippen molar-refractivity contribution in [2.24, 2.45) is 0 Å². The highest BCUT2D eigenvalue weighted by atomic mass is 15.3. The van der Waals surface area contributed by atoms with Gasteiger partial charge in [0.2, 0.25) is 0 Å². The van der Waals surface area contributed by atoms with Crippen LogP contribution in [-0.2, 0) is 0 Å². The van der Waals surface area contributed by atoms with Crippen molar-refractivity contribution in [3.8, 4) is 16.8 Å². The lowest BCUT2D eigenvalue weighted by molar-refractivity contribution is 1.05. The Hall–Kier alpha value is -8.34. The van der Waals surface area contributed by atoms with Crippen LogP contribution in [0.5, 0.6) is 0 Å². The maximum absolute atomic E-state index is 2.46. The van der Waals surface area contributed by atoms with Crippen LogP contribution in [0.15, 0.2) is 243 Å². The first-order valence-electron chi connectivity index (χ1n) is 21.2. The van der Waals surface area contributed by atoms with Gasteiger partial charge in [0.1, 0.15) is 5.82 Å². The predicted octanol–water partition coefficient (Wildman–Crippen LogP) is 16.3. The SMILES string of the molecule is c1ccc(-c2ccc(N(c3ccc4c(c3)c3c(n4-c4ccccc4)N(c4ccccc4)c4ccccc4N3c3ccccc3)c3cc4ccccc4c4ccccc34)cc2)cc1. The summed E-state index contributed by atoms with van der Waals surface area (Å²) in [6.07, 6.45) is 0. The van der Waals surface area contributed by atoms with E-state index in [4.69, 9.17) is 0 Å². The molecular weight excluding hydrogens is 753 g/mol. The van der Waals surface area contributed by atoms with Crippen LogP contribution >= 0.6 is 0 Å². The number of anilines is 9. The third-order valence-electron chi connectivity index (χ3n) is 12.2. The Morgan fingerprint density at radius 3 is 1.50 bits per heavy atom. The third-order valence-corrected chi connectivity index (χ3v) is 12.2. The zero-order valence-electron chi connectivity index (χ0n) is 33.9. The molecule has 4 heteroatoms. The minimum atomic E-state index is 1.07. The summed E-state index contributed by atoms with van der Waals surface area (Å²) in [6, 6.07) is 87.8. The summed E-state index contributed by atoms with van der Waals surface area (Å²) in [4.78, 5) is 7.35. The van der Waals surface area contributed by atoms with Gasteiger partial charge in [-0.05, 0) is 112 Å². The Balaban J connectivity index is 1.18. The lowest BCUT2D eigenvalue weighted by Crippen LogP contribution is -2.25. The molecule has 0 N–H and O–H groups in total. The van der Waals surface area contributed by atoms with Gasteiger partial charge in [0.25, 0.3) is 0 Å². The highest BCUT2D eigenvalue weighted by Crippen LogP contribution is 2.59. The second-order valence-electron chi connectivity index (χ2n) is 15.8. The number of benzene rings is 10. The second-order valence-corrected chi connectivity index (χ2v) is 15.8. The third kappa shape index (κ3) is 5.76. The van der Waals surface area contributed by atoms with Crippen LogP contribution < -0.4 is 14.7 Å². The van der Waals surface area contributed by atoms with Crippen LogP contribution in [0.1, 0.15) is 0 Å². The van der Waals surface area contributed by atoms with Gasteiger partial charge < -0.3 is 9.80 Å². The number of para-hydroxylation sites is 5.